The van der Waals surface area contributed by atoms with Gasteiger partial charge in [-0.25, -0.2) is 4.98 Å². The summed E-state index contributed by atoms with van der Waals surface area (Å²) in [5.74, 6) is 0.453. The number of thiophene rings is 1. The Morgan fingerprint density at radius 3 is 2.05 bits per heavy atom. The highest BCUT2D eigenvalue weighted by atomic mass is 32.1. The van der Waals surface area contributed by atoms with E-state index in [1.54, 1.807) is 0 Å². The molecule has 216 valence electrons. The first-order valence-electron chi connectivity index (χ1n) is 13.9. The van der Waals surface area contributed by atoms with E-state index in [1.807, 2.05) is 103 Å². The van der Waals surface area contributed by atoms with E-state index < -0.39 is 23.9 Å². The molecule has 0 bridgehead atoms. The van der Waals surface area contributed by atoms with Crippen LogP contribution in [0.2, 0.25) is 0 Å². The first-order chi connectivity index (χ1) is 20.5. The second-order valence-corrected chi connectivity index (χ2v) is 11.5. The van der Waals surface area contributed by atoms with Crippen molar-refractivity contribution in [3.8, 4) is 0 Å². The Balaban J connectivity index is 1.35. The van der Waals surface area contributed by atoms with Crippen LogP contribution < -0.4 is 11.5 Å². The molecule has 0 aliphatic carbocycles. The van der Waals surface area contributed by atoms with Gasteiger partial charge in [-0.15, -0.1) is 11.3 Å². The predicted molar refractivity (Wildman–Crippen MR) is 165 cm³/mol. The van der Waals surface area contributed by atoms with E-state index >= 15 is 0 Å². The molecule has 4 atom stereocenters. The molecule has 5 aromatic rings. The summed E-state index contributed by atoms with van der Waals surface area (Å²) >= 11 is 1.51. The lowest BCUT2D eigenvalue weighted by Gasteiger charge is -2.35. The number of ether oxygens (including phenoxy) is 4. The molecule has 1 saturated heterocycles. The summed E-state index contributed by atoms with van der Waals surface area (Å²) in [6.45, 7) is 3.60. The Hall–Kier alpha value is -3.86. The lowest BCUT2D eigenvalue weighted by molar-refractivity contribution is -0.147. The van der Waals surface area contributed by atoms with Crippen LogP contribution in [0.15, 0.2) is 96.4 Å². The van der Waals surface area contributed by atoms with E-state index in [2.05, 4.69) is 9.97 Å². The Morgan fingerprint density at radius 2 is 1.40 bits per heavy atom. The number of rotatable bonds is 11. The predicted octanol–water partition coefficient (Wildman–Crippen LogP) is 6.07. The van der Waals surface area contributed by atoms with E-state index in [9.17, 15) is 0 Å². The maximum Gasteiger partial charge on any atom is 0.222 e. The Morgan fingerprint density at radius 1 is 0.810 bits per heavy atom. The van der Waals surface area contributed by atoms with Gasteiger partial charge in [-0.1, -0.05) is 91.0 Å². The zero-order valence-corrected chi connectivity index (χ0v) is 24.2. The van der Waals surface area contributed by atoms with Crippen molar-refractivity contribution in [2.75, 3.05) is 18.1 Å². The van der Waals surface area contributed by atoms with Gasteiger partial charge in [-0.3, -0.25) is 0 Å². The number of hydrogen-bond donors (Lipinski definition) is 2. The monoisotopic (exact) mass is 582 g/mol. The third-order valence-electron chi connectivity index (χ3n) is 7.56. The Kier molecular flexibility index (Phi) is 8.46. The zero-order chi connectivity index (χ0) is 28.9. The molecule has 3 aromatic carbocycles. The van der Waals surface area contributed by atoms with E-state index in [0.717, 1.165) is 27.0 Å². The highest BCUT2D eigenvalue weighted by Gasteiger charge is 2.57. The van der Waals surface area contributed by atoms with Crippen molar-refractivity contribution in [3.63, 3.8) is 0 Å². The minimum atomic E-state index is -0.905. The molecule has 9 heteroatoms. The topological polar surface area (TPSA) is 115 Å². The number of fused-ring (bicyclic) bond motifs is 1. The van der Waals surface area contributed by atoms with Gasteiger partial charge >= 0.3 is 0 Å². The van der Waals surface area contributed by atoms with Crippen LogP contribution in [0.3, 0.4) is 0 Å². The SMILES string of the molecule is CC1(OCc2ccccc2)C(c2scc3c(N)nc(N)nc23)OC(COCc2ccccc2)C1OCc1ccccc1. The third kappa shape index (κ3) is 6.01. The molecule has 8 nitrogen and oxygen atoms in total. The smallest absolute Gasteiger partial charge is 0.222 e. The number of nitrogens with two attached hydrogens (primary N) is 2. The van der Waals surface area contributed by atoms with Crippen LogP contribution in [0, 0.1) is 0 Å². The molecule has 1 aliphatic heterocycles. The van der Waals surface area contributed by atoms with E-state index in [4.69, 9.17) is 30.4 Å². The fraction of sp³-hybridized carbons (Fsp3) is 0.273. The van der Waals surface area contributed by atoms with Crippen molar-refractivity contribution in [2.24, 2.45) is 0 Å². The van der Waals surface area contributed by atoms with Gasteiger partial charge in [-0.05, 0) is 23.6 Å². The average molecular weight is 583 g/mol. The van der Waals surface area contributed by atoms with Crippen LogP contribution in [-0.4, -0.2) is 34.4 Å². The summed E-state index contributed by atoms with van der Waals surface area (Å²) in [6, 6.07) is 30.3. The lowest BCUT2D eigenvalue weighted by atomic mass is 9.90. The summed E-state index contributed by atoms with van der Waals surface area (Å²) in [5, 5.41) is 2.68. The molecular formula is C33H34N4O4S. The number of aromatic nitrogens is 2. The number of nitrogens with zero attached hydrogens (tertiary/aromatic N) is 2. The Labute approximate surface area is 249 Å². The summed E-state index contributed by atoms with van der Waals surface area (Å²) < 4.78 is 26.5. The molecule has 6 rings (SSSR count). The van der Waals surface area contributed by atoms with Gasteiger partial charge in [0.2, 0.25) is 5.95 Å². The molecule has 1 aliphatic rings. The molecule has 2 aromatic heterocycles. The molecule has 42 heavy (non-hydrogen) atoms. The minimum Gasteiger partial charge on any atom is -0.383 e. The van der Waals surface area contributed by atoms with Crippen molar-refractivity contribution in [2.45, 2.75) is 50.7 Å². The van der Waals surface area contributed by atoms with E-state index in [-0.39, 0.29) is 5.95 Å². The fourth-order valence-electron chi connectivity index (χ4n) is 5.39. The van der Waals surface area contributed by atoms with Gasteiger partial charge < -0.3 is 30.4 Å². The maximum absolute atomic E-state index is 6.83. The van der Waals surface area contributed by atoms with Gasteiger partial charge in [0.1, 0.15) is 29.7 Å². The molecule has 0 saturated carbocycles. The number of nitrogen functional groups attached to an aromatic ring is 2. The van der Waals surface area contributed by atoms with Crippen LogP contribution in [0.25, 0.3) is 10.9 Å². The Bertz CT molecular complexity index is 1600. The second-order valence-electron chi connectivity index (χ2n) is 10.6. The van der Waals surface area contributed by atoms with Crippen molar-refractivity contribution in [3.05, 3.63) is 118 Å². The van der Waals surface area contributed by atoms with Gasteiger partial charge in [-0.2, -0.15) is 4.98 Å². The first-order valence-corrected chi connectivity index (χ1v) is 14.8. The summed E-state index contributed by atoms with van der Waals surface area (Å²) in [4.78, 5) is 9.57. The largest absolute Gasteiger partial charge is 0.383 e. The first kappa shape index (κ1) is 28.3. The van der Waals surface area contributed by atoms with Gasteiger partial charge in [0.05, 0.1) is 42.2 Å². The third-order valence-corrected chi connectivity index (χ3v) is 8.58. The summed E-state index contributed by atoms with van der Waals surface area (Å²) in [7, 11) is 0. The standard InChI is InChI=1S/C33H34N4O4S/c1-33(40-19-24-15-9-4-10-16-24)29(39-18-23-13-7-3-8-14-23)26(20-38-17-22-11-5-2-6-12-22)41-30(33)28-27-25(21-42-28)31(34)37-32(35)36-27/h2-16,21,26,29-30H,17-20H2,1H3,(H4,34,35,36,37). The average Bonchev–Trinajstić information content (AvgIpc) is 3.55. The van der Waals surface area contributed by atoms with Crippen molar-refractivity contribution in [1.82, 2.24) is 9.97 Å². The van der Waals surface area contributed by atoms with Gasteiger partial charge in [0, 0.05) is 5.38 Å². The minimum absolute atomic E-state index is 0.115. The normalized spacial score (nSPS) is 22.1. The van der Waals surface area contributed by atoms with E-state index in [1.165, 1.54) is 11.3 Å². The molecule has 0 radical (unpaired) electrons. The van der Waals surface area contributed by atoms with Crippen LogP contribution in [0.5, 0.6) is 0 Å². The molecule has 4 unspecified atom stereocenters. The molecule has 4 N–H and O–H groups in total. The fourth-order valence-corrected chi connectivity index (χ4v) is 6.55. The quantitative estimate of drug-likeness (QED) is 0.193. The maximum atomic E-state index is 6.83. The van der Waals surface area contributed by atoms with Crippen LogP contribution in [-0.2, 0) is 38.8 Å². The number of anilines is 2. The molecule has 0 amide bonds. The number of benzene rings is 3. The number of hydrogen-bond acceptors (Lipinski definition) is 9. The van der Waals surface area contributed by atoms with Gasteiger partial charge in [0.15, 0.2) is 0 Å². The van der Waals surface area contributed by atoms with Crippen molar-refractivity contribution < 1.29 is 18.9 Å². The van der Waals surface area contributed by atoms with Crippen molar-refractivity contribution >= 4 is 34.0 Å². The molecule has 1 fully saturated rings. The molecule has 3 heterocycles. The summed E-state index contributed by atoms with van der Waals surface area (Å²) in [6.07, 6.45) is -1.41. The lowest BCUT2D eigenvalue weighted by Crippen LogP contribution is -2.47. The van der Waals surface area contributed by atoms with Gasteiger partial charge in [0.25, 0.3) is 0 Å². The van der Waals surface area contributed by atoms with Crippen LogP contribution in [0.1, 0.15) is 34.6 Å². The molecular weight excluding hydrogens is 548 g/mol. The second kappa shape index (κ2) is 12.6. The van der Waals surface area contributed by atoms with Crippen molar-refractivity contribution in [1.29, 1.82) is 0 Å². The van der Waals surface area contributed by atoms with Crippen LogP contribution in [0.4, 0.5) is 11.8 Å². The van der Waals surface area contributed by atoms with E-state index in [0.29, 0.717) is 37.8 Å². The zero-order valence-electron chi connectivity index (χ0n) is 23.4. The highest BCUT2D eigenvalue weighted by molar-refractivity contribution is 7.11. The molecule has 0 spiro atoms. The van der Waals surface area contributed by atoms with Crippen LogP contribution >= 0.6 is 11.3 Å². The summed E-state index contributed by atoms with van der Waals surface area (Å²) in [5.41, 5.74) is 15.2. The highest BCUT2D eigenvalue weighted by Crippen LogP contribution is 2.50.